The number of piperazine rings is 1. The summed E-state index contributed by atoms with van der Waals surface area (Å²) in [7, 11) is -3.78. The lowest BCUT2D eigenvalue weighted by molar-refractivity contribution is 0.264. The van der Waals surface area contributed by atoms with Crippen LogP contribution in [0.1, 0.15) is 31.4 Å². The van der Waals surface area contributed by atoms with E-state index in [0.717, 1.165) is 21.9 Å². The van der Waals surface area contributed by atoms with Gasteiger partial charge in [0, 0.05) is 47.4 Å². The topological polar surface area (TPSA) is 64.4 Å². The molecule has 0 spiro atoms. The Balaban J connectivity index is 1.87. The number of rotatable bonds is 6. The number of aryl methyl sites for hydroxylation is 1. The van der Waals surface area contributed by atoms with Gasteiger partial charge in [-0.25, -0.2) is 8.42 Å². The molecular weight excluding hydrogens is 482 g/mol. The van der Waals surface area contributed by atoms with Crippen LogP contribution in [0.4, 0.5) is 0 Å². The summed E-state index contributed by atoms with van der Waals surface area (Å²) >= 11 is 13.1. The van der Waals surface area contributed by atoms with Crippen LogP contribution in [0.3, 0.4) is 0 Å². The van der Waals surface area contributed by atoms with Crippen molar-refractivity contribution in [2.24, 2.45) is 5.92 Å². The number of benzene rings is 2. The highest BCUT2D eigenvalue weighted by Crippen LogP contribution is 2.36. The predicted molar refractivity (Wildman–Crippen MR) is 134 cm³/mol. The average Bonchev–Trinajstić information content (AvgIpc) is 2.73. The van der Waals surface area contributed by atoms with E-state index in [1.807, 2.05) is 25.1 Å². The van der Waals surface area contributed by atoms with Crippen molar-refractivity contribution in [3.63, 3.8) is 0 Å². The zero-order chi connectivity index (χ0) is 23.5. The molecule has 170 valence electrons. The largest absolute Gasteiger partial charge is 0.364 e. The Morgan fingerprint density at radius 3 is 2.47 bits per heavy atom. The van der Waals surface area contributed by atoms with Crippen LogP contribution in [0, 0.1) is 24.2 Å². The van der Waals surface area contributed by atoms with Crippen molar-refractivity contribution >= 4 is 50.6 Å². The van der Waals surface area contributed by atoms with E-state index in [4.69, 9.17) is 23.8 Å². The Bertz CT molecular complexity index is 1130. The average molecular weight is 508 g/mol. The summed E-state index contributed by atoms with van der Waals surface area (Å²) < 4.78 is 28.7. The molecule has 1 aliphatic rings. The van der Waals surface area contributed by atoms with Crippen molar-refractivity contribution in [2.45, 2.75) is 41.9 Å². The van der Waals surface area contributed by atoms with Crippen LogP contribution in [0.2, 0.25) is 5.02 Å². The molecule has 1 fully saturated rings. The summed E-state index contributed by atoms with van der Waals surface area (Å²) in [6.45, 7) is 8.04. The molecule has 1 saturated heterocycles. The molecule has 3 rings (SSSR count). The van der Waals surface area contributed by atoms with Gasteiger partial charge in [-0.3, -0.25) is 0 Å². The fraction of sp³-hybridized carbons (Fsp3) is 0.391. The summed E-state index contributed by atoms with van der Waals surface area (Å²) in [5.41, 5.74) is 1.30. The molecule has 0 unspecified atom stereocenters. The van der Waals surface area contributed by atoms with E-state index in [2.05, 4.69) is 24.8 Å². The van der Waals surface area contributed by atoms with Gasteiger partial charge in [0.1, 0.15) is 0 Å². The standard InChI is InChI=1S/C23H26ClN3O2S3/c1-16(2)10-23(30)26-6-8-27(9-7-26)32(28,29)22-13-18(15-25)4-5-21(22)31-20-12-17(3)11-19(24)14-20/h4-5,11-14,16H,6-10H2,1-3H3. The monoisotopic (exact) mass is 507 g/mol. The number of hydrogen-bond donors (Lipinski definition) is 0. The molecule has 9 heteroatoms. The first-order valence-electron chi connectivity index (χ1n) is 10.4. The van der Waals surface area contributed by atoms with Gasteiger partial charge in [-0.15, -0.1) is 0 Å². The summed E-state index contributed by atoms with van der Waals surface area (Å²) in [4.78, 5) is 4.55. The van der Waals surface area contributed by atoms with Gasteiger partial charge < -0.3 is 4.90 Å². The Morgan fingerprint density at radius 2 is 1.88 bits per heavy atom. The number of sulfonamides is 1. The van der Waals surface area contributed by atoms with Crippen molar-refractivity contribution in [1.82, 2.24) is 9.21 Å². The smallest absolute Gasteiger partial charge is 0.244 e. The molecule has 32 heavy (non-hydrogen) atoms. The molecule has 0 bridgehead atoms. The molecule has 5 nitrogen and oxygen atoms in total. The van der Waals surface area contributed by atoms with Gasteiger partial charge in [-0.1, -0.05) is 49.4 Å². The molecule has 0 radical (unpaired) electrons. The molecule has 0 aromatic heterocycles. The maximum Gasteiger partial charge on any atom is 0.244 e. The van der Waals surface area contributed by atoms with Gasteiger partial charge in [-0.05, 0) is 54.8 Å². The number of hydrogen-bond acceptors (Lipinski definition) is 5. The van der Waals surface area contributed by atoms with Crippen LogP contribution in [0.25, 0.3) is 0 Å². The SMILES string of the molecule is Cc1cc(Cl)cc(Sc2ccc(C#N)cc2S(=O)(=O)N2CCN(C(=S)CC(C)C)CC2)c1. The number of halogens is 1. The molecule has 1 heterocycles. The van der Waals surface area contributed by atoms with Gasteiger partial charge in [0.2, 0.25) is 10.0 Å². The normalized spacial score (nSPS) is 15.1. The van der Waals surface area contributed by atoms with Crippen LogP contribution in [0.15, 0.2) is 51.1 Å². The first kappa shape index (κ1) is 25.0. The predicted octanol–water partition coefficient (Wildman–Crippen LogP) is 5.35. The van der Waals surface area contributed by atoms with E-state index < -0.39 is 10.0 Å². The van der Waals surface area contributed by atoms with Crippen LogP contribution in [0.5, 0.6) is 0 Å². The van der Waals surface area contributed by atoms with Gasteiger partial charge in [0.25, 0.3) is 0 Å². The zero-order valence-corrected chi connectivity index (χ0v) is 21.5. The van der Waals surface area contributed by atoms with E-state index in [9.17, 15) is 13.7 Å². The second-order valence-electron chi connectivity index (χ2n) is 8.22. The fourth-order valence-corrected chi connectivity index (χ4v) is 7.36. The first-order chi connectivity index (χ1) is 15.1. The van der Waals surface area contributed by atoms with Crippen molar-refractivity contribution in [1.29, 1.82) is 5.26 Å². The van der Waals surface area contributed by atoms with Crippen molar-refractivity contribution in [3.8, 4) is 6.07 Å². The van der Waals surface area contributed by atoms with Crippen LogP contribution >= 0.6 is 35.6 Å². The van der Waals surface area contributed by atoms with Crippen molar-refractivity contribution in [3.05, 3.63) is 52.5 Å². The molecule has 2 aromatic carbocycles. The summed E-state index contributed by atoms with van der Waals surface area (Å²) in [5.74, 6) is 0.465. The molecule has 0 aliphatic carbocycles. The molecule has 0 N–H and O–H groups in total. The van der Waals surface area contributed by atoms with Gasteiger partial charge in [0.05, 0.1) is 21.5 Å². The second kappa shape index (κ2) is 10.5. The van der Waals surface area contributed by atoms with E-state index in [-0.39, 0.29) is 4.90 Å². The Morgan fingerprint density at radius 1 is 1.19 bits per heavy atom. The number of thiocarbonyl (C=S) groups is 1. The Labute approximate surface area is 205 Å². The molecular formula is C23H26ClN3O2S3. The number of nitriles is 1. The minimum Gasteiger partial charge on any atom is -0.364 e. The first-order valence-corrected chi connectivity index (χ1v) is 13.4. The lowest BCUT2D eigenvalue weighted by Crippen LogP contribution is -2.50. The molecule has 0 atom stereocenters. The summed E-state index contributed by atoms with van der Waals surface area (Å²) in [6, 6.07) is 12.5. The third kappa shape index (κ3) is 6.03. The van der Waals surface area contributed by atoms with Crippen molar-refractivity contribution < 1.29 is 8.42 Å². The molecule has 0 amide bonds. The Hall–Kier alpha value is -1.63. The Kier molecular flexibility index (Phi) is 8.23. The van der Waals surface area contributed by atoms with Crippen molar-refractivity contribution in [2.75, 3.05) is 26.2 Å². The molecule has 2 aromatic rings. The lowest BCUT2D eigenvalue weighted by atomic mass is 10.1. The van der Waals surface area contributed by atoms with E-state index >= 15 is 0 Å². The maximum absolute atomic E-state index is 13.6. The van der Waals surface area contributed by atoms with E-state index in [1.54, 1.807) is 12.1 Å². The van der Waals surface area contributed by atoms with E-state index in [1.165, 1.54) is 22.1 Å². The van der Waals surface area contributed by atoms with Crippen LogP contribution in [-0.4, -0.2) is 48.8 Å². The highest BCUT2D eigenvalue weighted by atomic mass is 35.5. The third-order valence-electron chi connectivity index (χ3n) is 5.11. The number of nitrogens with zero attached hydrogens (tertiary/aromatic N) is 3. The van der Waals surface area contributed by atoms with Crippen LogP contribution < -0.4 is 0 Å². The second-order valence-corrected chi connectivity index (χ2v) is 12.2. The van der Waals surface area contributed by atoms with E-state index in [0.29, 0.717) is 47.6 Å². The third-order valence-corrected chi connectivity index (χ3v) is 8.87. The van der Waals surface area contributed by atoms with Crippen LogP contribution in [-0.2, 0) is 10.0 Å². The van der Waals surface area contributed by atoms with Gasteiger partial charge >= 0.3 is 0 Å². The molecule has 1 aliphatic heterocycles. The lowest BCUT2D eigenvalue weighted by Gasteiger charge is -2.36. The highest BCUT2D eigenvalue weighted by Gasteiger charge is 2.31. The maximum atomic E-state index is 13.6. The summed E-state index contributed by atoms with van der Waals surface area (Å²) in [6.07, 6.45) is 0.826. The quantitative estimate of drug-likeness (QED) is 0.491. The minimum absolute atomic E-state index is 0.150. The fourth-order valence-electron chi connectivity index (χ4n) is 3.55. The summed E-state index contributed by atoms with van der Waals surface area (Å²) in [5, 5.41) is 9.95. The minimum atomic E-state index is -3.78. The highest BCUT2D eigenvalue weighted by molar-refractivity contribution is 8.00. The molecule has 0 saturated carbocycles. The van der Waals surface area contributed by atoms with Gasteiger partial charge in [0.15, 0.2) is 0 Å². The van der Waals surface area contributed by atoms with Gasteiger partial charge in [-0.2, -0.15) is 9.57 Å². The zero-order valence-electron chi connectivity index (χ0n) is 18.3.